The van der Waals surface area contributed by atoms with E-state index in [0.717, 1.165) is 15.7 Å². The second-order valence-corrected chi connectivity index (χ2v) is 5.78. The van der Waals surface area contributed by atoms with Crippen molar-refractivity contribution in [2.45, 2.75) is 6.92 Å². The first kappa shape index (κ1) is 16.5. The van der Waals surface area contributed by atoms with Gasteiger partial charge in [0.1, 0.15) is 5.75 Å². The van der Waals surface area contributed by atoms with Gasteiger partial charge in [-0.05, 0) is 30.7 Å². The number of nitrogens with one attached hydrogen (secondary N) is 1. The van der Waals surface area contributed by atoms with Gasteiger partial charge in [0, 0.05) is 4.47 Å². The van der Waals surface area contributed by atoms with Crippen LogP contribution in [0.15, 0.2) is 58.1 Å². The first-order valence-corrected chi connectivity index (χ1v) is 7.70. The zero-order valence-electron chi connectivity index (χ0n) is 11.8. The largest absolute Gasteiger partial charge is 0.482 e. The van der Waals surface area contributed by atoms with Gasteiger partial charge in [0.15, 0.2) is 6.61 Å². The molecule has 6 heteroatoms. The number of halogens is 2. The number of hydrazone groups is 1. The highest BCUT2D eigenvalue weighted by Gasteiger charge is 2.06. The number of ether oxygens (including phenoxy) is 1. The van der Waals surface area contributed by atoms with Crippen LogP contribution in [0, 0.1) is 0 Å². The summed E-state index contributed by atoms with van der Waals surface area (Å²) in [5.41, 5.74) is 4.12. The highest BCUT2D eigenvalue weighted by molar-refractivity contribution is 9.10. The molecule has 0 spiro atoms. The van der Waals surface area contributed by atoms with Gasteiger partial charge in [-0.15, -0.1) is 0 Å². The number of amides is 1. The van der Waals surface area contributed by atoms with Crippen LogP contribution in [-0.4, -0.2) is 18.2 Å². The Kier molecular flexibility index (Phi) is 5.98. The number of nitrogens with zero attached hydrogens (tertiary/aromatic N) is 1. The van der Waals surface area contributed by atoms with Crippen molar-refractivity contribution in [3.63, 3.8) is 0 Å². The Labute approximate surface area is 142 Å². The lowest BCUT2D eigenvalue weighted by molar-refractivity contribution is -0.123. The van der Waals surface area contributed by atoms with E-state index in [1.54, 1.807) is 18.2 Å². The number of benzene rings is 2. The topological polar surface area (TPSA) is 50.7 Å². The van der Waals surface area contributed by atoms with Crippen molar-refractivity contribution >= 4 is 39.1 Å². The van der Waals surface area contributed by atoms with E-state index in [2.05, 4.69) is 26.5 Å². The lowest BCUT2D eigenvalue weighted by atomic mass is 10.1. The van der Waals surface area contributed by atoms with Gasteiger partial charge in [0.2, 0.25) is 0 Å². The molecular formula is C16H14BrClN2O2. The molecule has 0 bridgehead atoms. The fourth-order valence-corrected chi connectivity index (χ4v) is 2.39. The molecule has 0 atom stereocenters. The lowest BCUT2D eigenvalue weighted by Gasteiger charge is -2.07. The Morgan fingerprint density at radius 1 is 1.27 bits per heavy atom. The van der Waals surface area contributed by atoms with E-state index in [-0.39, 0.29) is 12.5 Å². The molecule has 2 rings (SSSR count). The Balaban J connectivity index is 1.88. The molecule has 0 saturated heterocycles. The van der Waals surface area contributed by atoms with E-state index in [4.69, 9.17) is 16.3 Å². The third-order valence-corrected chi connectivity index (χ3v) is 3.58. The van der Waals surface area contributed by atoms with Crippen molar-refractivity contribution < 1.29 is 9.53 Å². The average molecular weight is 382 g/mol. The van der Waals surface area contributed by atoms with Gasteiger partial charge < -0.3 is 4.74 Å². The summed E-state index contributed by atoms with van der Waals surface area (Å²) in [5.74, 6) is 0.0954. The number of carbonyl (C=O) groups is 1. The Morgan fingerprint density at radius 3 is 2.68 bits per heavy atom. The van der Waals surface area contributed by atoms with Crippen LogP contribution in [0.1, 0.15) is 12.5 Å². The Bertz CT molecular complexity index is 690. The Hall–Kier alpha value is -1.85. The number of carbonyl (C=O) groups excluding carboxylic acids is 1. The molecular weight excluding hydrogens is 368 g/mol. The fourth-order valence-electron chi connectivity index (χ4n) is 1.66. The van der Waals surface area contributed by atoms with Crippen molar-refractivity contribution in [2.75, 3.05) is 6.61 Å². The first-order valence-electron chi connectivity index (χ1n) is 6.52. The van der Waals surface area contributed by atoms with E-state index < -0.39 is 0 Å². The van der Waals surface area contributed by atoms with Crippen LogP contribution < -0.4 is 10.2 Å². The van der Waals surface area contributed by atoms with E-state index in [0.29, 0.717) is 10.8 Å². The number of rotatable bonds is 5. The van der Waals surface area contributed by atoms with Gasteiger partial charge in [-0.2, -0.15) is 5.10 Å². The van der Waals surface area contributed by atoms with E-state index >= 15 is 0 Å². The molecule has 0 unspecified atom stereocenters. The monoisotopic (exact) mass is 380 g/mol. The van der Waals surface area contributed by atoms with E-state index in [1.165, 1.54) is 0 Å². The van der Waals surface area contributed by atoms with Gasteiger partial charge in [-0.3, -0.25) is 4.79 Å². The van der Waals surface area contributed by atoms with Crippen molar-refractivity contribution in [1.82, 2.24) is 5.43 Å². The summed E-state index contributed by atoms with van der Waals surface area (Å²) in [5, 5.41) is 4.48. The molecule has 0 heterocycles. The maximum Gasteiger partial charge on any atom is 0.277 e. The molecule has 0 aliphatic heterocycles. The SMILES string of the molecule is C/C(=N\NC(=O)COc1ccc(Br)cc1Cl)c1ccccc1. The molecule has 1 amide bonds. The van der Waals surface area contributed by atoms with Crippen molar-refractivity contribution in [3.8, 4) is 5.75 Å². The van der Waals surface area contributed by atoms with Crippen molar-refractivity contribution in [2.24, 2.45) is 5.10 Å². The first-order chi connectivity index (χ1) is 10.6. The maximum atomic E-state index is 11.7. The van der Waals surface area contributed by atoms with Crippen LogP contribution in [0.4, 0.5) is 0 Å². The molecule has 0 aromatic heterocycles. The summed E-state index contributed by atoms with van der Waals surface area (Å²) < 4.78 is 6.20. The standard InChI is InChI=1S/C16H14BrClN2O2/c1-11(12-5-3-2-4-6-12)19-20-16(21)10-22-15-8-7-13(17)9-14(15)18/h2-9H,10H2,1H3,(H,20,21)/b19-11+. The summed E-state index contributed by atoms with van der Waals surface area (Å²) in [6.45, 7) is 1.66. The maximum absolute atomic E-state index is 11.7. The second kappa shape index (κ2) is 7.96. The van der Waals surface area contributed by atoms with Crippen LogP contribution in [0.25, 0.3) is 0 Å². The van der Waals surface area contributed by atoms with Gasteiger partial charge in [0.25, 0.3) is 5.91 Å². The molecule has 0 radical (unpaired) electrons. The van der Waals surface area contributed by atoms with Crippen molar-refractivity contribution in [1.29, 1.82) is 0 Å². The van der Waals surface area contributed by atoms with Crippen LogP contribution >= 0.6 is 27.5 Å². The molecule has 0 saturated carbocycles. The summed E-state index contributed by atoms with van der Waals surface area (Å²) >= 11 is 9.31. The highest BCUT2D eigenvalue weighted by atomic mass is 79.9. The zero-order chi connectivity index (χ0) is 15.9. The van der Waals surface area contributed by atoms with E-state index in [9.17, 15) is 4.79 Å². The van der Waals surface area contributed by atoms with Gasteiger partial charge in [0.05, 0.1) is 10.7 Å². The molecule has 114 valence electrons. The summed E-state index contributed by atoms with van der Waals surface area (Å²) in [6.07, 6.45) is 0. The fraction of sp³-hybridized carbons (Fsp3) is 0.125. The number of hydrogen-bond acceptors (Lipinski definition) is 3. The average Bonchev–Trinajstić information content (AvgIpc) is 2.52. The van der Waals surface area contributed by atoms with Crippen LogP contribution in [0.5, 0.6) is 5.75 Å². The molecule has 2 aromatic carbocycles. The summed E-state index contributed by atoms with van der Waals surface area (Å²) in [6, 6.07) is 14.8. The third kappa shape index (κ3) is 4.86. The van der Waals surface area contributed by atoms with E-state index in [1.807, 2.05) is 37.3 Å². The van der Waals surface area contributed by atoms with Crippen molar-refractivity contribution in [3.05, 3.63) is 63.6 Å². The summed E-state index contributed by atoms with van der Waals surface area (Å²) in [7, 11) is 0. The highest BCUT2D eigenvalue weighted by Crippen LogP contribution is 2.27. The van der Waals surface area contributed by atoms with Crippen LogP contribution in [-0.2, 0) is 4.79 Å². The minimum absolute atomic E-state index is 0.160. The predicted molar refractivity (Wildman–Crippen MR) is 91.4 cm³/mol. The zero-order valence-corrected chi connectivity index (χ0v) is 14.2. The third-order valence-electron chi connectivity index (χ3n) is 2.79. The molecule has 0 aliphatic rings. The minimum atomic E-state index is -0.353. The second-order valence-electron chi connectivity index (χ2n) is 4.46. The predicted octanol–water partition coefficient (Wildman–Crippen LogP) is 4.02. The quantitative estimate of drug-likeness (QED) is 0.628. The minimum Gasteiger partial charge on any atom is -0.482 e. The summed E-state index contributed by atoms with van der Waals surface area (Å²) in [4.78, 5) is 11.7. The Morgan fingerprint density at radius 2 is 2.00 bits per heavy atom. The molecule has 2 aromatic rings. The molecule has 22 heavy (non-hydrogen) atoms. The molecule has 4 nitrogen and oxygen atoms in total. The molecule has 0 fully saturated rings. The normalized spacial score (nSPS) is 11.1. The lowest BCUT2D eigenvalue weighted by Crippen LogP contribution is -2.25. The van der Waals surface area contributed by atoms with Crippen LogP contribution in [0.3, 0.4) is 0 Å². The van der Waals surface area contributed by atoms with Gasteiger partial charge in [-0.25, -0.2) is 5.43 Å². The smallest absolute Gasteiger partial charge is 0.277 e. The van der Waals surface area contributed by atoms with Gasteiger partial charge in [-0.1, -0.05) is 57.9 Å². The number of hydrogen-bond donors (Lipinski definition) is 1. The molecule has 1 N–H and O–H groups in total. The molecule has 0 aliphatic carbocycles. The van der Waals surface area contributed by atoms with Crippen LogP contribution in [0.2, 0.25) is 5.02 Å². The van der Waals surface area contributed by atoms with Gasteiger partial charge >= 0.3 is 0 Å².